The minimum Gasteiger partial charge on any atom is -0.462 e. The van der Waals surface area contributed by atoms with Crippen LogP contribution in [0.15, 0.2) is 30.3 Å². The number of carbonyl (C=O) groups excluding carboxylic acids is 3. The normalized spacial score (nSPS) is 15.8. The number of hydrogen-bond donors (Lipinski definition) is 1. The summed E-state index contributed by atoms with van der Waals surface area (Å²) in [5, 5.41) is 3.14. The van der Waals surface area contributed by atoms with Gasteiger partial charge in [0.15, 0.2) is 6.10 Å². The largest absolute Gasteiger partial charge is 0.462 e. The highest BCUT2D eigenvalue weighted by molar-refractivity contribution is 7.16. The maximum Gasteiger partial charge on any atom is 0.341 e. The van der Waals surface area contributed by atoms with Crippen LogP contribution in [0.25, 0.3) is 0 Å². The van der Waals surface area contributed by atoms with Gasteiger partial charge in [0.2, 0.25) is 0 Å². The molecule has 1 amide bonds. The number of anilines is 1. The topological polar surface area (TPSA) is 81.7 Å². The number of ether oxygens (including phenoxy) is 2. The SMILES string of the molecule is CCOC(=O)c1cc(CC)sc1NC(=O)[C@H]1Cc2ccccc2C(=O)O1. The van der Waals surface area contributed by atoms with Crippen molar-refractivity contribution in [3.8, 4) is 0 Å². The monoisotopic (exact) mass is 373 g/mol. The minimum atomic E-state index is -0.931. The Kier molecular flexibility index (Phi) is 5.37. The van der Waals surface area contributed by atoms with E-state index in [0.717, 1.165) is 16.9 Å². The molecule has 0 bridgehead atoms. The molecule has 2 aromatic rings. The van der Waals surface area contributed by atoms with Crippen molar-refractivity contribution >= 4 is 34.2 Å². The maximum absolute atomic E-state index is 12.6. The zero-order valence-corrected chi connectivity index (χ0v) is 15.4. The summed E-state index contributed by atoms with van der Waals surface area (Å²) in [4.78, 5) is 37.8. The van der Waals surface area contributed by atoms with E-state index < -0.39 is 23.9 Å². The number of benzene rings is 1. The fourth-order valence-corrected chi connectivity index (χ4v) is 3.73. The first kappa shape index (κ1) is 18.1. The van der Waals surface area contributed by atoms with Crippen LogP contribution in [0.2, 0.25) is 0 Å². The molecule has 1 aromatic carbocycles. The van der Waals surface area contributed by atoms with Crippen LogP contribution in [0.3, 0.4) is 0 Å². The first-order valence-electron chi connectivity index (χ1n) is 8.43. The molecule has 7 heteroatoms. The lowest BCUT2D eigenvalue weighted by atomic mass is 9.98. The van der Waals surface area contributed by atoms with E-state index in [4.69, 9.17) is 9.47 Å². The fraction of sp³-hybridized carbons (Fsp3) is 0.316. The summed E-state index contributed by atoms with van der Waals surface area (Å²) in [5.41, 5.74) is 1.58. The number of nitrogens with one attached hydrogen (secondary N) is 1. The highest BCUT2D eigenvalue weighted by atomic mass is 32.1. The second kappa shape index (κ2) is 7.70. The molecule has 2 heterocycles. The number of carbonyl (C=O) groups is 3. The van der Waals surface area contributed by atoms with Crippen molar-refractivity contribution in [2.75, 3.05) is 11.9 Å². The van der Waals surface area contributed by atoms with Gasteiger partial charge in [0.1, 0.15) is 5.00 Å². The zero-order chi connectivity index (χ0) is 18.7. The van der Waals surface area contributed by atoms with Crippen LogP contribution in [-0.4, -0.2) is 30.6 Å². The third kappa shape index (κ3) is 3.62. The second-order valence-corrected chi connectivity index (χ2v) is 6.91. The van der Waals surface area contributed by atoms with Gasteiger partial charge in [-0.05, 0) is 31.0 Å². The smallest absolute Gasteiger partial charge is 0.341 e. The third-order valence-electron chi connectivity index (χ3n) is 4.05. The number of amides is 1. The molecule has 0 aliphatic carbocycles. The van der Waals surface area contributed by atoms with E-state index in [9.17, 15) is 14.4 Å². The Hall–Kier alpha value is -2.67. The van der Waals surface area contributed by atoms with E-state index in [1.807, 2.05) is 13.0 Å². The molecule has 0 saturated heterocycles. The van der Waals surface area contributed by atoms with Crippen LogP contribution in [0.5, 0.6) is 0 Å². The van der Waals surface area contributed by atoms with Crippen molar-refractivity contribution in [3.05, 3.63) is 51.9 Å². The van der Waals surface area contributed by atoms with Gasteiger partial charge in [-0.3, -0.25) is 4.79 Å². The van der Waals surface area contributed by atoms with Gasteiger partial charge in [-0.15, -0.1) is 11.3 Å². The predicted molar refractivity (Wildman–Crippen MR) is 97.6 cm³/mol. The summed E-state index contributed by atoms with van der Waals surface area (Å²) in [6.45, 7) is 3.94. The number of aryl methyl sites for hydroxylation is 1. The van der Waals surface area contributed by atoms with Gasteiger partial charge in [0, 0.05) is 11.3 Å². The van der Waals surface area contributed by atoms with E-state index in [1.165, 1.54) is 11.3 Å². The Bertz CT molecular complexity index is 857. The first-order chi connectivity index (χ1) is 12.5. The van der Waals surface area contributed by atoms with E-state index in [-0.39, 0.29) is 6.61 Å². The average Bonchev–Trinajstić information content (AvgIpc) is 3.05. The fourth-order valence-electron chi connectivity index (χ4n) is 2.74. The molecular formula is C19H19NO5S. The summed E-state index contributed by atoms with van der Waals surface area (Å²) in [6, 6.07) is 8.78. The zero-order valence-electron chi connectivity index (χ0n) is 14.5. The van der Waals surface area contributed by atoms with Gasteiger partial charge in [-0.1, -0.05) is 25.1 Å². The molecule has 0 fully saturated rings. The molecule has 26 heavy (non-hydrogen) atoms. The van der Waals surface area contributed by atoms with Gasteiger partial charge in [-0.25, -0.2) is 9.59 Å². The Labute approximate surface area is 155 Å². The Balaban J connectivity index is 1.79. The molecule has 1 aromatic heterocycles. The van der Waals surface area contributed by atoms with Crippen LogP contribution in [0.1, 0.15) is 45.0 Å². The van der Waals surface area contributed by atoms with Crippen molar-refractivity contribution in [2.24, 2.45) is 0 Å². The lowest BCUT2D eigenvalue weighted by Crippen LogP contribution is -2.38. The van der Waals surface area contributed by atoms with Crippen molar-refractivity contribution in [1.29, 1.82) is 0 Å². The Morgan fingerprint density at radius 3 is 2.81 bits per heavy atom. The molecule has 1 atom stereocenters. The standard InChI is InChI=1S/C19H19NO5S/c1-3-12-10-14(18(22)24-4-2)17(26-12)20-16(21)15-9-11-7-5-6-8-13(11)19(23)25-15/h5-8,10,15H,3-4,9H2,1-2H3,(H,20,21)/t15-/m1/s1. The van der Waals surface area contributed by atoms with Gasteiger partial charge in [-0.2, -0.15) is 0 Å². The molecule has 0 radical (unpaired) electrons. The van der Waals surface area contributed by atoms with E-state index >= 15 is 0 Å². The Morgan fingerprint density at radius 2 is 2.08 bits per heavy atom. The van der Waals surface area contributed by atoms with Gasteiger partial charge in [0.05, 0.1) is 17.7 Å². The molecule has 136 valence electrons. The highest BCUT2D eigenvalue weighted by Gasteiger charge is 2.32. The van der Waals surface area contributed by atoms with Crippen molar-refractivity contribution in [3.63, 3.8) is 0 Å². The second-order valence-electron chi connectivity index (χ2n) is 5.77. The van der Waals surface area contributed by atoms with Gasteiger partial charge >= 0.3 is 11.9 Å². The predicted octanol–water partition coefficient (Wildman–Crippen LogP) is 3.21. The van der Waals surface area contributed by atoms with Crippen molar-refractivity contribution < 1.29 is 23.9 Å². The van der Waals surface area contributed by atoms with E-state index in [0.29, 0.717) is 22.5 Å². The molecule has 1 aliphatic heterocycles. The van der Waals surface area contributed by atoms with Crippen LogP contribution in [0.4, 0.5) is 5.00 Å². The molecular weight excluding hydrogens is 354 g/mol. The average molecular weight is 373 g/mol. The van der Waals surface area contributed by atoms with Crippen LogP contribution < -0.4 is 5.32 Å². The number of cyclic esters (lactones) is 1. The number of esters is 2. The molecule has 0 unspecified atom stereocenters. The third-order valence-corrected chi connectivity index (χ3v) is 5.24. The molecule has 0 saturated carbocycles. The molecule has 1 aliphatic rings. The highest BCUT2D eigenvalue weighted by Crippen LogP contribution is 2.30. The summed E-state index contributed by atoms with van der Waals surface area (Å²) in [7, 11) is 0. The summed E-state index contributed by atoms with van der Waals surface area (Å²) in [5.74, 6) is -1.45. The van der Waals surface area contributed by atoms with Gasteiger partial charge in [0.25, 0.3) is 5.91 Å². The summed E-state index contributed by atoms with van der Waals surface area (Å²) >= 11 is 1.32. The number of fused-ring (bicyclic) bond motifs is 1. The quantitative estimate of drug-likeness (QED) is 0.814. The number of hydrogen-bond acceptors (Lipinski definition) is 6. The molecule has 0 spiro atoms. The molecule has 1 N–H and O–H groups in total. The number of rotatable bonds is 5. The van der Waals surface area contributed by atoms with E-state index in [1.54, 1.807) is 31.2 Å². The van der Waals surface area contributed by atoms with Crippen LogP contribution in [0, 0.1) is 0 Å². The van der Waals surface area contributed by atoms with Crippen molar-refractivity contribution in [2.45, 2.75) is 32.8 Å². The Morgan fingerprint density at radius 1 is 1.31 bits per heavy atom. The van der Waals surface area contributed by atoms with Crippen LogP contribution in [-0.2, 0) is 27.1 Å². The maximum atomic E-state index is 12.6. The first-order valence-corrected chi connectivity index (χ1v) is 9.24. The molecule has 6 nitrogen and oxygen atoms in total. The van der Waals surface area contributed by atoms with Crippen molar-refractivity contribution in [1.82, 2.24) is 0 Å². The summed E-state index contributed by atoms with van der Waals surface area (Å²) in [6.07, 6.45) is 0.104. The summed E-state index contributed by atoms with van der Waals surface area (Å²) < 4.78 is 10.3. The van der Waals surface area contributed by atoms with Crippen LogP contribution >= 0.6 is 11.3 Å². The lowest BCUT2D eigenvalue weighted by Gasteiger charge is -2.23. The minimum absolute atomic E-state index is 0.251. The van der Waals surface area contributed by atoms with E-state index in [2.05, 4.69) is 5.32 Å². The van der Waals surface area contributed by atoms with Gasteiger partial charge < -0.3 is 14.8 Å². The number of thiophene rings is 1. The molecule has 3 rings (SSSR count). The lowest BCUT2D eigenvalue weighted by molar-refractivity contribution is -0.125.